The van der Waals surface area contributed by atoms with Crippen LogP contribution in [0.2, 0.25) is 0 Å². The van der Waals surface area contributed by atoms with Crippen LogP contribution >= 0.6 is 15.6 Å². The number of aromatic nitrogens is 6. The lowest BCUT2D eigenvalue weighted by molar-refractivity contribution is -0.163. The van der Waals surface area contributed by atoms with E-state index in [1.54, 1.807) is 12.1 Å². The number of nitrogens with one attached hydrogen (secondary N) is 1. The lowest BCUT2D eigenvalue weighted by atomic mass is 10.1. The number of alkyl carbamates (subject to hydrolysis) is 1. The van der Waals surface area contributed by atoms with E-state index in [4.69, 9.17) is 45.0 Å². The third-order valence-corrected chi connectivity index (χ3v) is 10.6. The lowest BCUT2D eigenvalue weighted by Crippen LogP contribution is -2.53. The van der Waals surface area contributed by atoms with Gasteiger partial charge in [0.05, 0.1) is 19.5 Å². The minimum atomic E-state index is -5.43. The van der Waals surface area contributed by atoms with Crippen LogP contribution in [0, 0.1) is 0 Å². The standard InChI is InChI=1S/C31H38N12O17P2/c1-31(2,39-30(48)54-9-14-3-5-15(6-4-14)40-41-34)28(46)59-22-16(57-27(20(22)44)43-13-37-19-24(33)35-12-36-25(19)43)11-56-62(52,53)60-23-17(10-55-61(49,50)51)58-26(21(23)45)42-8-7-18(32)38-29(42)47/h3-8,12-13,16-17,20-23,26-27,44-45H,9-11H2,1-2H3,(H,39,48)(H,52,53)(H2,32,38,47)(H2,33,35,36)(H2,49,50,51)/t16-,17-,20-,21-,22-,23-,26-,27-/m1/s1. The monoisotopic (exact) mass is 912 g/mol. The number of fused-ring (bicyclic) bond motifs is 1. The Morgan fingerprint density at radius 3 is 2.27 bits per heavy atom. The molecule has 2 saturated heterocycles. The van der Waals surface area contributed by atoms with E-state index >= 15 is 0 Å². The van der Waals surface area contributed by atoms with Crippen LogP contribution in [0.25, 0.3) is 21.6 Å². The van der Waals surface area contributed by atoms with Gasteiger partial charge in [-0.15, -0.1) is 0 Å². The number of ether oxygens (including phenoxy) is 4. The maximum Gasteiger partial charge on any atom is 0.472 e. The van der Waals surface area contributed by atoms with Crippen LogP contribution in [0.1, 0.15) is 31.9 Å². The van der Waals surface area contributed by atoms with Crippen LogP contribution < -0.4 is 22.5 Å². The molecular weight excluding hydrogens is 874 g/mol. The van der Waals surface area contributed by atoms with E-state index < -0.39 is 101 Å². The number of anilines is 2. The Hall–Kier alpha value is -5.64. The number of phosphoric acid groups is 2. The van der Waals surface area contributed by atoms with Crippen molar-refractivity contribution in [2.45, 2.75) is 75.1 Å². The number of benzene rings is 1. The summed E-state index contributed by atoms with van der Waals surface area (Å²) in [5, 5.41) is 28.5. The molecule has 0 radical (unpaired) electrons. The zero-order chi connectivity index (χ0) is 45.1. The Labute approximate surface area is 346 Å². The van der Waals surface area contributed by atoms with Crippen molar-refractivity contribution in [3.05, 3.63) is 75.7 Å². The topological polar surface area (TPSA) is 425 Å². The number of carbonyl (C=O) groups excluding carboxylic acids is 2. The van der Waals surface area contributed by atoms with E-state index in [0.29, 0.717) is 11.3 Å². The Morgan fingerprint density at radius 1 is 0.968 bits per heavy atom. The Kier molecular flexibility index (Phi) is 13.6. The van der Waals surface area contributed by atoms with Gasteiger partial charge in [0, 0.05) is 16.8 Å². The number of aliphatic hydroxyl groups excluding tert-OH is 2. The predicted octanol–water partition coefficient (Wildman–Crippen LogP) is -0.0657. The Balaban J connectivity index is 1.19. The fourth-order valence-electron chi connectivity index (χ4n) is 6.11. The molecule has 4 aromatic rings. The van der Waals surface area contributed by atoms with E-state index in [0.717, 1.165) is 23.2 Å². The third kappa shape index (κ3) is 10.7. The van der Waals surface area contributed by atoms with Crippen molar-refractivity contribution in [3.8, 4) is 0 Å². The number of phosphoric ester groups is 2. The summed E-state index contributed by atoms with van der Waals surface area (Å²) in [4.78, 5) is 86.6. The van der Waals surface area contributed by atoms with Crippen LogP contribution in [-0.4, -0.2) is 121 Å². The van der Waals surface area contributed by atoms with Gasteiger partial charge in [0.2, 0.25) is 0 Å². The number of carbonyl (C=O) groups is 2. The average molecular weight is 913 g/mol. The van der Waals surface area contributed by atoms with Crippen molar-refractivity contribution >= 4 is 56.2 Å². The van der Waals surface area contributed by atoms with Gasteiger partial charge in [-0.2, -0.15) is 4.98 Å². The number of aliphatic hydroxyl groups is 2. The molecule has 5 heterocycles. The van der Waals surface area contributed by atoms with Gasteiger partial charge < -0.3 is 60.6 Å². The number of hydrogen-bond donors (Lipinski definition) is 8. The zero-order valence-electron chi connectivity index (χ0n) is 32.1. The van der Waals surface area contributed by atoms with Crippen molar-refractivity contribution in [2.75, 3.05) is 24.7 Å². The molecule has 9 atom stereocenters. The molecule has 0 aliphatic carbocycles. The molecule has 1 aromatic carbocycles. The molecule has 10 N–H and O–H groups in total. The van der Waals surface area contributed by atoms with Gasteiger partial charge in [0.25, 0.3) is 0 Å². The minimum absolute atomic E-state index is 0.0327. The van der Waals surface area contributed by atoms with Crippen LogP contribution in [0.15, 0.2) is 59.1 Å². The quantitative estimate of drug-likeness (QED) is 0.0240. The summed E-state index contributed by atoms with van der Waals surface area (Å²) in [6.07, 6.45) is -11.8. The number of rotatable bonds is 16. The number of amides is 1. The molecule has 2 aliphatic heterocycles. The molecule has 334 valence electrons. The van der Waals surface area contributed by atoms with E-state index in [2.05, 4.69) is 39.8 Å². The van der Waals surface area contributed by atoms with Gasteiger partial charge in [0.15, 0.2) is 30.0 Å². The summed E-state index contributed by atoms with van der Waals surface area (Å²) in [5.74, 6) is -1.39. The average Bonchev–Trinajstić information content (AvgIpc) is 3.86. The fraction of sp³-hybridized carbons (Fsp3) is 0.452. The van der Waals surface area contributed by atoms with Crippen molar-refractivity contribution in [3.63, 3.8) is 0 Å². The first-order chi connectivity index (χ1) is 29.2. The van der Waals surface area contributed by atoms with Crippen LogP contribution in [0.4, 0.5) is 22.1 Å². The normalized spacial score (nSPS) is 24.9. The van der Waals surface area contributed by atoms with Crippen molar-refractivity contribution < 1.29 is 76.1 Å². The predicted molar refractivity (Wildman–Crippen MR) is 204 cm³/mol. The smallest absolute Gasteiger partial charge is 0.455 e. The van der Waals surface area contributed by atoms with Gasteiger partial charge >= 0.3 is 33.4 Å². The van der Waals surface area contributed by atoms with E-state index in [9.17, 15) is 48.4 Å². The molecule has 2 fully saturated rings. The highest BCUT2D eigenvalue weighted by Gasteiger charge is 2.52. The van der Waals surface area contributed by atoms with Gasteiger partial charge in [0.1, 0.15) is 60.3 Å². The van der Waals surface area contributed by atoms with Crippen molar-refractivity contribution in [1.29, 1.82) is 0 Å². The molecular formula is C31H38N12O17P2. The van der Waals surface area contributed by atoms with Gasteiger partial charge in [-0.3, -0.25) is 22.7 Å². The van der Waals surface area contributed by atoms with E-state index in [1.807, 2.05) is 0 Å². The maximum absolute atomic E-state index is 13.6. The third-order valence-electron chi connectivity index (χ3n) is 9.10. The van der Waals surface area contributed by atoms with Crippen LogP contribution in [-0.2, 0) is 53.1 Å². The molecule has 1 unspecified atom stereocenters. The largest absolute Gasteiger partial charge is 0.472 e. The van der Waals surface area contributed by atoms with Crippen LogP contribution in [0.3, 0.4) is 0 Å². The molecule has 2 aliphatic rings. The minimum Gasteiger partial charge on any atom is -0.455 e. The first kappa shape index (κ1) is 45.9. The molecule has 3 aromatic heterocycles. The highest BCUT2D eigenvalue weighted by molar-refractivity contribution is 7.47. The van der Waals surface area contributed by atoms with Gasteiger partial charge in [-0.05, 0) is 31.0 Å². The molecule has 0 saturated carbocycles. The highest BCUT2D eigenvalue weighted by atomic mass is 31.2. The molecule has 31 heteroatoms. The molecule has 0 spiro atoms. The molecule has 0 bridgehead atoms. The molecule has 62 heavy (non-hydrogen) atoms. The SMILES string of the molecule is CC(C)(NC(=O)OCc1ccc(N=[N+]=[N-])cc1)C(=O)O[C@H]1[C@@H](O)[C@H](n2cnc3c(N)ncnc32)O[C@@H]1COP(=O)(O)O[C@H]1[C@@H](O)[C@H](n2ccc(N)nc2=O)O[C@@H]1COP(=O)(O)O. The number of nitrogens with zero attached hydrogens (tertiary/aromatic N) is 9. The molecule has 1 amide bonds. The zero-order valence-corrected chi connectivity index (χ0v) is 33.9. The summed E-state index contributed by atoms with van der Waals surface area (Å²) in [6, 6.07) is 7.22. The maximum atomic E-state index is 13.6. The van der Waals surface area contributed by atoms with Gasteiger partial charge in [-0.1, -0.05) is 29.4 Å². The second-order valence-electron chi connectivity index (χ2n) is 13.9. The summed E-state index contributed by atoms with van der Waals surface area (Å²) in [6.45, 7) is 0.208. The molecule has 29 nitrogen and oxygen atoms in total. The summed E-state index contributed by atoms with van der Waals surface area (Å²) in [5.41, 5.74) is 18.1. The summed E-state index contributed by atoms with van der Waals surface area (Å²) in [7, 11) is -10.6. The highest BCUT2D eigenvalue weighted by Crippen LogP contribution is 2.50. The first-order valence-corrected chi connectivity index (χ1v) is 20.8. The Bertz CT molecular complexity index is 2500. The molecule has 6 rings (SSSR count). The van der Waals surface area contributed by atoms with Gasteiger partial charge in [-0.25, -0.2) is 38.5 Å². The van der Waals surface area contributed by atoms with Crippen LogP contribution in [0.5, 0.6) is 0 Å². The lowest BCUT2D eigenvalue weighted by Gasteiger charge is -2.28. The number of nitrogens with two attached hydrogens (primary N) is 2. The number of nitrogen functional groups attached to an aromatic ring is 2. The van der Waals surface area contributed by atoms with Crippen molar-refractivity contribution in [2.24, 2.45) is 5.11 Å². The van der Waals surface area contributed by atoms with E-state index in [-0.39, 0.29) is 29.4 Å². The van der Waals surface area contributed by atoms with Crippen molar-refractivity contribution in [1.82, 2.24) is 34.4 Å². The summed E-state index contributed by atoms with van der Waals surface area (Å²) >= 11 is 0. The fourth-order valence-corrected chi connectivity index (χ4v) is 7.42. The number of hydrogen-bond acceptors (Lipinski definition) is 21. The number of imidazole rings is 1. The second kappa shape index (κ2) is 18.4. The summed E-state index contributed by atoms with van der Waals surface area (Å²) < 4.78 is 64.2. The number of azide groups is 1. The number of esters is 1. The second-order valence-corrected chi connectivity index (χ2v) is 16.6. The van der Waals surface area contributed by atoms with E-state index in [1.165, 1.54) is 36.9 Å². The Morgan fingerprint density at radius 2 is 1.61 bits per heavy atom. The first-order valence-electron chi connectivity index (χ1n) is 17.8.